The van der Waals surface area contributed by atoms with Crippen molar-refractivity contribution >= 4 is 35.6 Å². The molecule has 3 amide bonds. The van der Waals surface area contributed by atoms with Crippen molar-refractivity contribution < 1.29 is 14.4 Å². The van der Waals surface area contributed by atoms with E-state index in [4.69, 9.17) is 0 Å². The van der Waals surface area contributed by atoms with Crippen LogP contribution in [0.5, 0.6) is 0 Å². The fourth-order valence-electron chi connectivity index (χ4n) is 5.77. The van der Waals surface area contributed by atoms with Gasteiger partial charge in [0, 0.05) is 49.5 Å². The number of likely N-dealkylation sites (tertiary alicyclic amines) is 1. The molecule has 0 bridgehead atoms. The van der Waals surface area contributed by atoms with Crippen LogP contribution >= 0.6 is 11.8 Å². The number of rotatable bonds is 8. The third kappa shape index (κ3) is 6.32. The Hall–Kier alpha value is -3.06. The molecule has 200 valence electrons. The zero-order valence-electron chi connectivity index (χ0n) is 22.2. The van der Waals surface area contributed by atoms with Gasteiger partial charge in [-0.3, -0.25) is 14.4 Å². The molecule has 1 aliphatic carbocycles. The number of carbonyl (C=O) groups is 3. The molecule has 2 atom stereocenters. The second-order valence-corrected chi connectivity index (χ2v) is 11.9. The van der Waals surface area contributed by atoms with Gasteiger partial charge in [0.05, 0.1) is 4.91 Å². The van der Waals surface area contributed by atoms with Crippen LogP contribution in [0.1, 0.15) is 72.0 Å². The van der Waals surface area contributed by atoms with Crippen molar-refractivity contribution in [3.05, 3.63) is 75.7 Å². The number of thioether (sulfide) groups is 1. The summed E-state index contributed by atoms with van der Waals surface area (Å²) in [5.74, 6) is 0.209. The normalized spacial score (nSPS) is 22.6. The van der Waals surface area contributed by atoms with Crippen molar-refractivity contribution in [2.45, 2.75) is 69.7 Å². The molecule has 5 rings (SSSR count). The standard InChI is InChI=1S/C31H37N3O3S/c1-22-7-4-8-24(19-22)21-34-26-9-2-3-10-27(26)38-28(31(34)37)20-23-12-14-25(15-13-23)30(36)32-16-6-18-33-17-5-11-29(33)35/h4,7-8,12-15,19-20,26-27H,2-3,5-6,9-11,16-18,21H2,1H3,(H,32,36)/b28-20+. The average Bonchev–Trinajstić information content (AvgIpc) is 3.33. The molecule has 0 aromatic heterocycles. The predicted octanol–water partition coefficient (Wildman–Crippen LogP) is 5.17. The van der Waals surface area contributed by atoms with Crippen LogP contribution in [0, 0.1) is 6.92 Å². The lowest BCUT2D eigenvalue weighted by atomic mass is 9.92. The highest BCUT2D eigenvalue weighted by atomic mass is 32.2. The van der Waals surface area contributed by atoms with E-state index in [-0.39, 0.29) is 23.8 Å². The largest absolute Gasteiger partial charge is 0.352 e. The Morgan fingerprint density at radius 1 is 1.08 bits per heavy atom. The minimum absolute atomic E-state index is 0.109. The van der Waals surface area contributed by atoms with Crippen LogP contribution in [0.4, 0.5) is 0 Å². The van der Waals surface area contributed by atoms with Crippen LogP contribution in [0.2, 0.25) is 0 Å². The van der Waals surface area contributed by atoms with Crippen LogP contribution < -0.4 is 5.32 Å². The zero-order chi connectivity index (χ0) is 26.5. The summed E-state index contributed by atoms with van der Waals surface area (Å²) < 4.78 is 0. The molecule has 2 unspecified atom stereocenters. The average molecular weight is 532 g/mol. The van der Waals surface area contributed by atoms with E-state index in [9.17, 15) is 14.4 Å². The summed E-state index contributed by atoms with van der Waals surface area (Å²) in [4.78, 5) is 42.7. The molecule has 3 aliphatic rings. The summed E-state index contributed by atoms with van der Waals surface area (Å²) >= 11 is 1.73. The number of hydrogen-bond donors (Lipinski definition) is 1. The predicted molar refractivity (Wildman–Crippen MR) is 153 cm³/mol. The van der Waals surface area contributed by atoms with Gasteiger partial charge in [-0.2, -0.15) is 0 Å². The number of aryl methyl sites for hydroxylation is 1. The Bertz CT molecular complexity index is 1210. The summed E-state index contributed by atoms with van der Waals surface area (Å²) in [5, 5.41) is 3.38. The van der Waals surface area contributed by atoms with Gasteiger partial charge in [-0.1, -0.05) is 54.8 Å². The molecule has 2 aromatic carbocycles. The van der Waals surface area contributed by atoms with E-state index in [0.717, 1.165) is 42.7 Å². The van der Waals surface area contributed by atoms with Crippen LogP contribution in [0.15, 0.2) is 53.4 Å². The highest BCUT2D eigenvalue weighted by Gasteiger charge is 2.40. The number of nitrogens with zero attached hydrogens (tertiary/aromatic N) is 2. The van der Waals surface area contributed by atoms with Crippen molar-refractivity contribution in [1.29, 1.82) is 0 Å². The first-order valence-electron chi connectivity index (χ1n) is 13.9. The topological polar surface area (TPSA) is 69.7 Å². The molecule has 2 aromatic rings. The van der Waals surface area contributed by atoms with Crippen molar-refractivity contribution in [2.75, 3.05) is 19.6 Å². The lowest BCUT2D eigenvalue weighted by Crippen LogP contribution is -2.50. The van der Waals surface area contributed by atoms with Crippen LogP contribution in [-0.2, 0) is 16.1 Å². The van der Waals surface area contributed by atoms with Gasteiger partial charge in [-0.15, -0.1) is 11.8 Å². The van der Waals surface area contributed by atoms with E-state index in [1.807, 2.05) is 35.2 Å². The van der Waals surface area contributed by atoms with Crippen LogP contribution in [0.25, 0.3) is 6.08 Å². The Morgan fingerprint density at radius 2 is 1.89 bits per heavy atom. The smallest absolute Gasteiger partial charge is 0.260 e. The maximum Gasteiger partial charge on any atom is 0.260 e. The van der Waals surface area contributed by atoms with Crippen LogP contribution in [-0.4, -0.2) is 58.4 Å². The molecular formula is C31H37N3O3S. The molecule has 3 fully saturated rings. The fourth-order valence-corrected chi connectivity index (χ4v) is 7.24. The molecule has 38 heavy (non-hydrogen) atoms. The maximum absolute atomic E-state index is 13.7. The molecule has 2 heterocycles. The molecule has 1 saturated carbocycles. The van der Waals surface area contributed by atoms with Crippen molar-refractivity contribution in [3.8, 4) is 0 Å². The number of benzene rings is 2. The first-order valence-corrected chi connectivity index (χ1v) is 14.8. The van der Waals surface area contributed by atoms with Gasteiger partial charge >= 0.3 is 0 Å². The molecule has 0 spiro atoms. The lowest BCUT2D eigenvalue weighted by molar-refractivity contribution is -0.130. The number of hydrogen-bond acceptors (Lipinski definition) is 4. The molecule has 0 radical (unpaired) electrons. The fraction of sp³-hybridized carbons (Fsp3) is 0.452. The minimum Gasteiger partial charge on any atom is -0.352 e. The van der Waals surface area contributed by atoms with E-state index in [0.29, 0.717) is 36.9 Å². The number of carbonyl (C=O) groups excluding carboxylic acids is 3. The lowest BCUT2D eigenvalue weighted by Gasteiger charge is -2.44. The molecular weight excluding hydrogens is 494 g/mol. The van der Waals surface area contributed by atoms with Gasteiger partial charge in [0.2, 0.25) is 5.91 Å². The van der Waals surface area contributed by atoms with Crippen molar-refractivity contribution in [3.63, 3.8) is 0 Å². The third-order valence-electron chi connectivity index (χ3n) is 7.79. The summed E-state index contributed by atoms with van der Waals surface area (Å²) in [5.41, 5.74) is 3.91. The Balaban J connectivity index is 1.22. The molecule has 2 saturated heterocycles. The van der Waals surface area contributed by atoms with E-state index in [1.54, 1.807) is 11.8 Å². The monoisotopic (exact) mass is 531 g/mol. The zero-order valence-corrected chi connectivity index (χ0v) is 23.0. The van der Waals surface area contributed by atoms with E-state index in [2.05, 4.69) is 41.4 Å². The SMILES string of the molecule is Cc1cccc(CN2C(=O)/C(=C\c3ccc(C(=O)NCCCN4CCCC4=O)cc3)SC3CCCCC32)c1. The molecule has 6 nitrogen and oxygen atoms in total. The van der Waals surface area contributed by atoms with Gasteiger partial charge in [0.15, 0.2) is 0 Å². The molecule has 1 N–H and O–H groups in total. The number of nitrogens with one attached hydrogen (secondary N) is 1. The molecule has 2 aliphatic heterocycles. The third-order valence-corrected chi connectivity index (χ3v) is 9.18. The van der Waals surface area contributed by atoms with Crippen molar-refractivity contribution in [2.24, 2.45) is 0 Å². The summed E-state index contributed by atoms with van der Waals surface area (Å²) in [6.07, 6.45) is 8.91. The second kappa shape index (κ2) is 12.2. The van der Waals surface area contributed by atoms with E-state index in [1.165, 1.54) is 24.0 Å². The van der Waals surface area contributed by atoms with Gasteiger partial charge in [-0.25, -0.2) is 0 Å². The summed E-state index contributed by atoms with van der Waals surface area (Å²) in [6, 6.07) is 16.2. The quantitative estimate of drug-likeness (QED) is 0.377. The van der Waals surface area contributed by atoms with Crippen LogP contribution in [0.3, 0.4) is 0 Å². The Morgan fingerprint density at radius 3 is 2.66 bits per heavy atom. The highest BCUT2D eigenvalue weighted by Crippen LogP contribution is 2.42. The maximum atomic E-state index is 13.7. The second-order valence-electron chi connectivity index (χ2n) is 10.7. The Labute approximate surface area is 229 Å². The van der Waals surface area contributed by atoms with E-state index >= 15 is 0 Å². The first kappa shape index (κ1) is 26.5. The van der Waals surface area contributed by atoms with Gasteiger partial charge in [0.25, 0.3) is 11.8 Å². The van der Waals surface area contributed by atoms with Gasteiger partial charge < -0.3 is 15.1 Å². The first-order chi connectivity index (χ1) is 18.5. The van der Waals surface area contributed by atoms with Gasteiger partial charge in [0.1, 0.15) is 0 Å². The Kier molecular flexibility index (Phi) is 8.52. The summed E-state index contributed by atoms with van der Waals surface area (Å²) in [6.45, 7) is 4.80. The molecule has 7 heteroatoms. The van der Waals surface area contributed by atoms with Crippen molar-refractivity contribution in [1.82, 2.24) is 15.1 Å². The highest BCUT2D eigenvalue weighted by molar-refractivity contribution is 8.04. The van der Waals surface area contributed by atoms with E-state index < -0.39 is 0 Å². The minimum atomic E-state index is -0.116. The summed E-state index contributed by atoms with van der Waals surface area (Å²) in [7, 11) is 0. The van der Waals surface area contributed by atoms with Gasteiger partial charge in [-0.05, 0) is 61.9 Å². The number of amides is 3. The number of fused-ring (bicyclic) bond motifs is 1.